The first kappa shape index (κ1) is 17.6. The van der Waals surface area contributed by atoms with E-state index in [1.165, 1.54) is 48.8 Å². The predicted octanol–water partition coefficient (Wildman–Crippen LogP) is 7.59. The van der Waals surface area contributed by atoms with Gasteiger partial charge in [-0.2, -0.15) is 0 Å². The lowest BCUT2D eigenvalue weighted by Crippen LogP contribution is -2.15. The fraction of sp³-hybridized carbons (Fsp3) is 0.192. The summed E-state index contributed by atoms with van der Waals surface area (Å²) in [5.41, 5.74) is 11.3. The molecule has 1 aliphatic carbocycles. The standard InChI is InChI=1S/C26H22BrN/c1-15-11-19-20-12-16(2)23(27)14-22(20)26(3,4)21(19)13-18(15)25-10-9-17-7-5-6-8-24(17)28-25/h5-14H,1-4H3. The van der Waals surface area contributed by atoms with Gasteiger partial charge in [0.1, 0.15) is 0 Å². The van der Waals surface area contributed by atoms with Crippen molar-refractivity contribution >= 4 is 26.8 Å². The van der Waals surface area contributed by atoms with Gasteiger partial charge in [0.2, 0.25) is 0 Å². The molecular formula is C26H22BrN. The fourth-order valence-electron chi connectivity index (χ4n) is 4.51. The van der Waals surface area contributed by atoms with E-state index in [1.807, 2.05) is 0 Å². The van der Waals surface area contributed by atoms with Crippen LogP contribution in [0.5, 0.6) is 0 Å². The van der Waals surface area contributed by atoms with Crippen molar-refractivity contribution < 1.29 is 0 Å². The van der Waals surface area contributed by atoms with E-state index < -0.39 is 0 Å². The highest BCUT2D eigenvalue weighted by Gasteiger charge is 2.36. The molecule has 0 atom stereocenters. The van der Waals surface area contributed by atoms with Crippen LogP contribution < -0.4 is 0 Å². The Morgan fingerprint density at radius 2 is 1.43 bits per heavy atom. The maximum Gasteiger partial charge on any atom is 0.0712 e. The van der Waals surface area contributed by atoms with Crippen LogP contribution in [0.15, 0.2) is 65.1 Å². The van der Waals surface area contributed by atoms with Gasteiger partial charge in [0.15, 0.2) is 0 Å². The highest BCUT2D eigenvalue weighted by atomic mass is 79.9. The Hall–Kier alpha value is -2.45. The van der Waals surface area contributed by atoms with Gasteiger partial charge < -0.3 is 0 Å². The van der Waals surface area contributed by atoms with Crippen LogP contribution in [0.2, 0.25) is 0 Å². The summed E-state index contributed by atoms with van der Waals surface area (Å²) in [6.07, 6.45) is 0. The summed E-state index contributed by atoms with van der Waals surface area (Å²) in [6.45, 7) is 9.01. The zero-order valence-electron chi connectivity index (χ0n) is 16.6. The number of aromatic nitrogens is 1. The Balaban J connectivity index is 1.74. The molecular weight excluding hydrogens is 406 g/mol. The summed E-state index contributed by atoms with van der Waals surface area (Å²) in [7, 11) is 0. The van der Waals surface area contributed by atoms with Crippen molar-refractivity contribution in [2.75, 3.05) is 0 Å². The second-order valence-corrected chi connectivity index (χ2v) is 9.23. The zero-order chi connectivity index (χ0) is 19.6. The molecule has 28 heavy (non-hydrogen) atoms. The molecule has 0 saturated carbocycles. The molecule has 4 aromatic rings. The van der Waals surface area contributed by atoms with E-state index in [9.17, 15) is 0 Å². The largest absolute Gasteiger partial charge is 0.248 e. The van der Waals surface area contributed by atoms with Gasteiger partial charge in [-0.25, -0.2) is 4.98 Å². The molecule has 1 heterocycles. The first-order chi connectivity index (χ1) is 13.4. The Labute approximate surface area is 174 Å². The number of para-hydroxylation sites is 1. The number of nitrogens with zero attached hydrogens (tertiary/aromatic N) is 1. The third-order valence-electron chi connectivity index (χ3n) is 6.17. The Bertz CT molecular complexity index is 1270. The first-order valence-corrected chi connectivity index (χ1v) is 10.5. The van der Waals surface area contributed by atoms with Crippen molar-refractivity contribution in [3.63, 3.8) is 0 Å². The molecule has 0 radical (unpaired) electrons. The Kier molecular flexibility index (Phi) is 3.79. The Morgan fingerprint density at radius 1 is 0.750 bits per heavy atom. The average molecular weight is 428 g/mol. The van der Waals surface area contributed by atoms with Crippen LogP contribution in [0.3, 0.4) is 0 Å². The van der Waals surface area contributed by atoms with E-state index in [1.54, 1.807) is 0 Å². The normalized spacial score (nSPS) is 14.2. The molecule has 0 bridgehead atoms. The number of fused-ring (bicyclic) bond motifs is 4. The van der Waals surface area contributed by atoms with Crippen molar-refractivity contribution in [1.82, 2.24) is 4.98 Å². The number of aryl methyl sites for hydroxylation is 2. The van der Waals surface area contributed by atoms with Crippen LogP contribution in [-0.2, 0) is 5.41 Å². The van der Waals surface area contributed by atoms with Crippen LogP contribution in [-0.4, -0.2) is 4.98 Å². The zero-order valence-corrected chi connectivity index (χ0v) is 18.2. The summed E-state index contributed by atoms with van der Waals surface area (Å²) in [5.74, 6) is 0. The molecule has 0 amide bonds. The fourth-order valence-corrected chi connectivity index (χ4v) is 4.85. The lowest BCUT2D eigenvalue weighted by atomic mass is 9.81. The maximum atomic E-state index is 4.95. The van der Waals surface area contributed by atoms with Gasteiger partial charge in [-0.3, -0.25) is 0 Å². The van der Waals surface area contributed by atoms with Crippen LogP contribution in [0, 0.1) is 13.8 Å². The molecule has 0 unspecified atom stereocenters. The van der Waals surface area contributed by atoms with Crippen molar-refractivity contribution in [3.05, 3.63) is 87.4 Å². The van der Waals surface area contributed by atoms with Gasteiger partial charge in [0.25, 0.3) is 0 Å². The number of hydrogen-bond donors (Lipinski definition) is 0. The van der Waals surface area contributed by atoms with Crippen molar-refractivity contribution in [2.24, 2.45) is 0 Å². The summed E-state index contributed by atoms with van der Waals surface area (Å²) < 4.78 is 1.18. The van der Waals surface area contributed by atoms with Crippen LogP contribution in [0.25, 0.3) is 33.3 Å². The topological polar surface area (TPSA) is 12.9 Å². The molecule has 0 fully saturated rings. The summed E-state index contributed by atoms with van der Waals surface area (Å²) >= 11 is 3.72. The van der Waals surface area contributed by atoms with Gasteiger partial charge in [-0.05, 0) is 77.6 Å². The number of rotatable bonds is 1. The van der Waals surface area contributed by atoms with E-state index >= 15 is 0 Å². The SMILES string of the molecule is Cc1cc2c(cc1Br)C(C)(C)c1cc(-c3ccc4ccccc4n3)c(C)cc1-2. The minimum atomic E-state index is -0.0276. The predicted molar refractivity (Wildman–Crippen MR) is 122 cm³/mol. The third-order valence-corrected chi connectivity index (χ3v) is 7.03. The lowest BCUT2D eigenvalue weighted by molar-refractivity contribution is 0.660. The highest BCUT2D eigenvalue weighted by Crippen LogP contribution is 2.51. The number of pyridine rings is 1. The van der Waals surface area contributed by atoms with Gasteiger partial charge in [0.05, 0.1) is 11.2 Å². The molecule has 1 aliphatic rings. The number of hydrogen-bond acceptors (Lipinski definition) is 1. The van der Waals surface area contributed by atoms with Gasteiger partial charge in [0, 0.05) is 20.8 Å². The van der Waals surface area contributed by atoms with E-state index in [0.29, 0.717) is 0 Å². The van der Waals surface area contributed by atoms with Gasteiger partial charge in [-0.15, -0.1) is 0 Å². The Morgan fingerprint density at radius 3 is 2.21 bits per heavy atom. The molecule has 0 N–H and O–H groups in total. The molecule has 1 nitrogen and oxygen atoms in total. The molecule has 138 valence electrons. The summed E-state index contributed by atoms with van der Waals surface area (Å²) in [6, 6.07) is 22.0. The van der Waals surface area contributed by atoms with Crippen molar-refractivity contribution in [2.45, 2.75) is 33.1 Å². The highest BCUT2D eigenvalue weighted by molar-refractivity contribution is 9.10. The molecule has 0 aliphatic heterocycles. The second-order valence-electron chi connectivity index (χ2n) is 8.37. The minimum Gasteiger partial charge on any atom is -0.248 e. The van der Waals surface area contributed by atoms with Crippen molar-refractivity contribution in [3.8, 4) is 22.4 Å². The van der Waals surface area contributed by atoms with Gasteiger partial charge in [-0.1, -0.05) is 60.1 Å². The minimum absolute atomic E-state index is 0.0276. The van der Waals surface area contributed by atoms with E-state index in [2.05, 4.69) is 104 Å². The quantitative estimate of drug-likeness (QED) is 0.304. The van der Waals surface area contributed by atoms with E-state index in [0.717, 1.165) is 11.2 Å². The molecule has 3 aromatic carbocycles. The maximum absolute atomic E-state index is 4.95. The third kappa shape index (κ3) is 2.48. The molecule has 0 spiro atoms. The van der Waals surface area contributed by atoms with E-state index in [4.69, 9.17) is 4.98 Å². The second kappa shape index (κ2) is 6.02. The smallest absolute Gasteiger partial charge is 0.0712 e. The lowest BCUT2D eigenvalue weighted by Gasteiger charge is -2.23. The monoisotopic (exact) mass is 427 g/mol. The van der Waals surface area contributed by atoms with Crippen LogP contribution >= 0.6 is 15.9 Å². The molecule has 0 saturated heterocycles. The van der Waals surface area contributed by atoms with Gasteiger partial charge >= 0.3 is 0 Å². The average Bonchev–Trinajstić information content (AvgIpc) is 2.88. The number of benzene rings is 3. The van der Waals surface area contributed by atoms with Crippen molar-refractivity contribution in [1.29, 1.82) is 0 Å². The molecule has 5 rings (SSSR count). The first-order valence-electron chi connectivity index (χ1n) is 9.68. The summed E-state index contributed by atoms with van der Waals surface area (Å²) in [5, 5.41) is 1.18. The molecule has 2 heteroatoms. The summed E-state index contributed by atoms with van der Waals surface area (Å²) in [4.78, 5) is 4.95. The molecule has 1 aromatic heterocycles. The number of halogens is 1. The van der Waals surface area contributed by atoms with Crippen LogP contribution in [0.1, 0.15) is 36.1 Å². The van der Waals surface area contributed by atoms with Crippen LogP contribution in [0.4, 0.5) is 0 Å². The van der Waals surface area contributed by atoms with E-state index in [-0.39, 0.29) is 5.41 Å².